The zero-order valence-electron chi connectivity index (χ0n) is 16.7. The molecule has 0 radical (unpaired) electrons. The Morgan fingerprint density at radius 2 is 1.23 bits per heavy atom. The van der Waals surface area contributed by atoms with Gasteiger partial charge in [-0.2, -0.15) is 0 Å². The minimum absolute atomic E-state index is 0.396. The first-order valence-corrected chi connectivity index (χ1v) is 10.2. The van der Waals surface area contributed by atoms with Crippen LogP contribution in [-0.4, -0.2) is 5.97 Å². The van der Waals surface area contributed by atoms with Crippen molar-refractivity contribution < 1.29 is 19.0 Å². The monoisotopic (exact) mass is 408 g/mol. The molecule has 1 aliphatic heterocycles. The van der Waals surface area contributed by atoms with Gasteiger partial charge in [0.2, 0.25) is 0 Å². The molecule has 0 aromatic heterocycles. The summed E-state index contributed by atoms with van der Waals surface area (Å²) in [7, 11) is 0. The molecule has 1 unspecified atom stereocenters. The van der Waals surface area contributed by atoms with Crippen LogP contribution in [0.25, 0.3) is 0 Å². The summed E-state index contributed by atoms with van der Waals surface area (Å²) in [5.74, 6) is 2.18. The Labute approximate surface area is 180 Å². The van der Waals surface area contributed by atoms with Crippen LogP contribution in [0.3, 0.4) is 0 Å². The normalized spacial score (nSPS) is 15.0. The number of para-hydroxylation sites is 3. The Bertz CT molecular complexity index is 1200. The second-order valence-electron chi connectivity index (χ2n) is 7.26. The van der Waals surface area contributed by atoms with Crippen LogP contribution in [0.2, 0.25) is 0 Å². The minimum atomic E-state index is -0.438. The lowest BCUT2D eigenvalue weighted by molar-refractivity contribution is 0.0245. The van der Waals surface area contributed by atoms with E-state index in [1.54, 1.807) is 6.07 Å². The molecule has 0 N–H and O–H groups in total. The highest BCUT2D eigenvalue weighted by Crippen LogP contribution is 2.40. The second-order valence-corrected chi connectivity index (χ2v) is 7.26. The quantitative estimate of drug-likeness (QED) is 0.344. The number of hydrogen-bond donors (Lipinski definition) is 0. The zero-order chi connectivity index (χ0) is 21.0. The number of carbonyl (C=O) groups excluding carboxylic acids is 1. The summed E-state index contributed by atoms with van der Waals surface area (Å²) in [4.78, 5) is 13.0. The van der Waals surface area contributed by atoms with Crippen LogP contribution in [0, 0.1) is 0 Å². The van der Waals surface area contributed by atoms with E-state index < -0.39 is 12.1 Å². The summed E-state index contributed by atoms with van der Waals surface area (Å²) in [6.07, 6.45) is 0.106. The molecule has 1 atom stereocenters. The van der Waals surface area contributed by atoms with E-state index in [9.17, 15) is 4.79 Å². The van der Waals surface area contributed by atoms with Crippen molar-refractivity contribution in [1.29, 1.82) is 0 Å². The fourth-order valence-electron chi connectivity index (χ4n) is 3.74. The highest BCUT2D eigenvalue weighted by Gasteiger charge is 2.32. The molecule has 0 saturated heterocycles. The van der Waals surface area contributed by atoms with Gasteiger partial charge in [-0.1, -0.05) is 66.7 Å². The maximum atomic E-state index is 13.0. The van der Waals surface area contributed by atoms with Gasteiger partial charge in [-0.3, -0.25) is 0 Å². The van der Waals surface area contributed by atoms with E-state index in [0.717, 1.165) is 16.9 Å². The van der Waals surface area contributed by atoms with Crippen molar-refractivity contribution in [3.05, 3.63) is 120 Å². The van der Waals surface area contributed by atoms with Crippen molar-refractivity contribution >= 4 is 5.97 Å². The minimum Gasteiger partial charge on any atom is -0.457 e. The van der Waals surface area contributed by atoms with Crippen molar-refractivity contribution in [2.45, 2.75) is 12.5 Å². The summed E-state index contributed by atoms with van der Waals surface area (Å²) in [5, 5.41) is 0. The molecule has 0 fully saturated rings. The molecule has 0 saturated carbocycles. The molecular formula is C27H20O4. The molecule has 1 aliphatic rings. The predicted octanol–water partition coefficient (Wildman–Crippen LogP) is 6.73. The topological polar surface area (TPSA) is 44.8 Å². The summed E-state index contributed by atoms with van der Waals surface area (Å²) in [5.41, 5.74) is 2.20. The highest BCUT2D eigenvalue weighted by atomic mass is 16.5. The zero-order valence-corrected chi connectivity index (χ0v) is 16.7. The van der Waals surface area contributed by atoms with Gasteiger partial charge in [-0.25, -0.2) is 4.79 Å². The Kier molecular flexibility index (Phi) is 5.11. The fourth-order valence-corrected chi connectivity index (χ4v) is 3.74. The number of ether oxygens (including phenoxy) is 3. The molecule has 0 aliphatic carbocycles. The lowest BCUT2D eigenvalue weighted by atomic mass is 9.93. The average Bonchev–Trinajstić information content (AvgIpc) is 2.81. The molecular weight excluding hydrogens is 388 g/mol. The van der Waals surface area contributed by atoms with E-state index in [0.29, 0.717) is 29.2 Å². The molecule has 152 valence electrons. The molecule has 31 heavy (non-hydrogen) atoms. The molecule has 4 nitrogen and oxygen atoms in total. The SMILES string of the molecule is O=C1OC(c2ccccc2Oc2ccccc2)Cc2cccc(Oc3ccccc3)c21. The van der Waals surface area contributed by atoms with Crippen LogP contribution >= 0.6 is 0 Å². The third kappa shape index (κ3) is 4.01. The van der Waals surface area contributed by atoms with Gasteiger partial charge in [-0.15, -0.1) is 0 Å². The Morgan fingerprint density at radius 3 is 1.94 bits per heavy atom. The van der Waals surface area contributed by atoms with Crippen molar-refractivity contribution in [3.63, 3.8) is 0 Å². The van der Waals surface area contributed by atoms with Gasteiger partial charge in [0, 0.05) is 12.0 Å². The molecule has 0 amide bonds. The Hall–Kier alpha value is -4.05. The molecule has 4 heteroatoms. The fraction of sp³-hybridized carbons (Fsp3) is 0.0741. The standard InChI is InChI=1S/C27H20O4/c28-27-26-19(10-9-17-24(26)30-21-13-5-2-6-14-21)18-25(31-27)22-15-7-8-16-23(22)29-20-11-3-1-4-12-20/h1-17,25H,18H2. The van der Waals surface area contributed by atoms with Crippen molar-refractivity contribution in [2.75, 3.05) is 0 Å². The first kappa shape index (κ1) is 18.9. The highest BCUT2D eigenvalue weighted by molar-refractivity contribution is 5.95. The van der Waals surface area contributed by atoms with Crippen LogP contribution in [0.1, 0.15) is 27.6 Å². The molecule has 1 heterocycles. The van der Waals surface area contributed by atoms with Gasteiger partial charge < -0.3 is 14.2 Å². The second kappa shape index (κ2) is 8.36. The first-order valence-electron chi connectivity index (χ1n) is 10.2. The van der Waals surface area contributed by atoms with Crippen molar-refractivity contribution in [3.8, 4) is 23.0 Å². The summed E-state index contributed by atoms with van der Waals surface area (Å²) in [6, 6.07) is 32.3. The average molecular weight is 408 g/mol. The molecule has 0 bridgehead atoms. The summed E-state index contributed by atoms with van der Waals surface area (Å²) >= 11 is 0. The largest absolute Gasteiger partial charge is 0.457 e. The Balaban J connectivity index is 1.45. The van der Waals surface area contributed by atoms with Gasteiger partial charge in [0.15, 0.2) is 0 Å². The molecule has 0 spiro atoms. The van der Waals surface area contributed by atoms with Gasteiger partial charge >= 0.3 is 5.97 Å². The summed E-state index contributed by atoms with van der Waals surface area (Å²) < 4.78 is 17.9. The third-order valence-electron chi connectivity index (χ3n) is 5.18. The van der Waals surface area contributed by atoms with Crippen molar-refractivity contribution in [2.24, 2.45) is 0 Å². The number of carbonyl (C=O) groups is 1. The smallest absolute Gasteiger partial charge is 0.342 e. The van der Waals surface area contributed by atoms with Gasteiger partial charge in [0.1, 0.15) is 34.7 Å². The van der Waals surface area contributed by atoms with Crippen LogP contribution < -0.4 is 9.47 Å². The van der Waals surface area contributed by atoms with Crippen LogP contribution in [-0.2, 0) is 11.2 Å². The van der Waals surface area contributed by atoms with E-state index in [1.807, 2.05) is 97.1 Å². The number of fused-ring (bicyclic) bond motifs is 1. The van der Waals surface area contributed by atoms with E-state index in [4.69, 9.17) is 14.2 Å². The third-order valence-corrected chi connectivity index (χ3v) is 5.18. The number of cyclic esters (lactones) is 1. The van der Waals surface area contributed by atoms with Crippen LogP contribution in [0.5, 0.6) is 23.0 Å². The Morgan fingerprint density at radius 1 is 0.645 bits per heavy atom. The number of esters is 1. The number of rotatable bonds is 5. The lowest BCUT2D eigenvalue weighted by Crippen LogP contribution is -2.22. The first-order chi connectivity index (χ1) is 15.3. The van der Waals surface area contributed by atoms with Gasteiger partial charge in [-0.05, 0) is 42.0 Å². The van der Waals surface area contributed by atoms with Gasteiger partial charge in [0.05, 0.1) is 0 Å². The number of hydrogen-bond acceptors (Lipinski definition) is 4. The van der Waals surface area contributed by atoms with Crippen molar-refractivity contribution in [1.82, 2.24) is 0 Å². The van der Waals surface area contributed by atoms with Crippen LogP contribution in [0.4, 0.5) is 0 Å². The van der Waals surface area contributed by atoms with Gasteiger partial charge in [0.25, 0.3) is 0 Å². The maximum absolute atomic E-state index is 13.0. The summed E-state index contributed by atoms with van der Waals surface area (Å²) in [6.45, 7) is 0. The molecule has 4 aromatic carbocycles. The molecule has 4 aromatic rings. The predicted molar refractivity (Wildman–Crippen MR) is 118 cm³/mol. The van der Waals surface area contributed by atoms with E-state index >= 15 is 0 Å². The lowest BCUT2D eigenvalue weighted by Gasteiger charge is -2.27. The maximum Gasteiger partial charge on any atom is 0.342 e. The van der Waals surface area contributed by atoms with E-state index in [2.05, 4.69) is 0 Å². The van der Waals surface area contributed by atoms with E-state index in [1.165, 1.54) is 0 Å². The molecule has 5 rings (SSSR count). The number of benzene rings is 4. The van der Waals surface area contributed by atoms with Crippen LogP contribution in [0.15, 0.2) is 103 Å². The van der Waals surface area contributed by atoms with E-state index in [-0.39, 0.29) is 0 Å².